The molecule has 0 spiro atoms. The van der Waals surface area contributed by atoms with E-state index in [0.29, 0.717) is 40.5 Å². The molecule has 0 N–H and O–H groups in total. The van der Waals surface area contributed by atoms with Crippen LogP contribution in [0.1, 0.15) is 47.3 Å². The first-order chi connectivity index (χ1) is 21.8. The van der Waals surface area contributed by atoms with Crippen molar-refractivity contribution in [3.8, 4) is 17.6 Å². The summed E-state index contributed by atoms with van der Waals surface area (Å²) in [5.74, 6) is 0.731. The van der Waals surface area contributed by atoms with Crippen LogP contribution in [0.5, 0.6) is 11.5 Å². The number of morpholine rings is 1. The molecule has 7 nitrogen and oxygen atoms in total. The number of rotatable bonds is 13. The number of nitriles is 1. The van der Waals surface area contributed by atoms with E-state index in [9.17, 15) is 10.1 Å². The molecule has 1 unspecified atom stereocenters. The number of carbonyl (C=O) groups is 1. The Hall–Kier alpha value is -3.93. The standard InChI is InChI=1S/C37H39ClN2O5/c1-36(2)32(30-11-4-3-5-12-30)13-7-14-37(36,45-18-8-15-40-16-19-42-20-17-40)27-44-35-23-34(31(25-41)22-33(35)38)43-26-29-10-6-9-28(21-29)24-39/h3-7,9-14,21-23,25H,8,15-20,26-27H2,1-2H3. The topological polar surface area (TPSA) is 81.0 Å². The minimum atomic E-state index is -0.816. The van der Waals surface area contributed by atoms with Crippen LogP contribution in [0, 0.1) is 16.7 Å². The van der Waals surface area contributed by atoms with Crippen LogP contribution >= 0.6 is 11.6 Å². The number of halogens is 1. The first-order valence-corrected chi connectivity index (χ1v) is 15.7. The second kappa shape index (κ2) is 14.9. The van der Waals surface area contributed by atoms with E-state index in [1.807, 2.05) is 30.3 Å². The molecule has 0 radical (unpaired) electrons. The van der Waals surface area contributed by atoms with Crippen LogP contribution in [0.15, 0.2) is 85.0 Å². The number of aldehydes is 1. The minimum Gasteiger partial charge on any atom is -0.488 e. The van der Waals surface area contributed by atoms with Gasteiger partial charge in [-0.15, -0.1) is 0 Å². The maximum absolute atomic E-state index is 11.9. The summed E-state index contributed by atoms with van der Waals surface area (Å²) in [6, 6.07) is 22.8. The highest BCUT2D eigenvalue weighted by atomic mass is 35.5. The van der Waals surface area contributed by atoms with Gasteiger partial charge in [0.1, 0.15) is 30.3 Å². The van der Waals surface area contributed by atoms with Gasteiger partial charge in [-0.25, -0.2) is 0 Å². The maximum Gasteiger partial charge on any atom is 0.153 e. The second-order valence-electron chi connectivity index (χ2n) is 11.8. The van der Waals surface area contributed by atoms with Crippen molar-refractivity contribution in [2.45, 2.75) is 32.5 Å². The lowest BCUT2D eigenvalue weighted by molar-refractivity contribution is -0.0936. The predicted octanol–water partition coefficient (Wildman–Crippen LogP) is 7.14. The summed E-state index contributed by atoms with van der Waals surface area (Å²) in [6.07, 6.45) is 7.85. The molecule has 5 rings (SSSR count). The SMILES string of the molecule is CC1(C)C(c2ccccc2)=CC=CC1(COc1cc(OCc2cccc(C#N)c2)c(C=O)cc1Cl)OCCCN1CCOCC1. The van der Waals surface area contributed by atoms with E-state index in [1.165, 1.54) is 0 Å². The number of nitrogens with zero attached hydrogens (tertiary/aromatic N) is 2. The van der Waals surface area contributed by atoms with Crippen molar-refractivity contribution >= 4 is 23.5 Å². The molecule has 0 saturated carbocycles. The molecule has 234 valence electrons. The van der Waals surface area contributed by atoms with Gasteiger partial charge in [0.2, 0.25) is 0 Å². The first-order valence-electron chi connectivity index (χ1n) is 15.3. The molecule has 1 fully saturated rings. The zero-order valence-corrected chi connectivity index (χ0v) is 26.6. The Morgan fingerprint density at radius 3 is 2.58 bits per heavy atom. The quantitative estimate of drug-likeness (QED) is 0.147. The molecule has 8 heteroatoms. The van der Waals surface area contributed by atoms with Gasteiger partial charge in [-0.3, -0.25) is 9.69 Å². The smallest absolute Gasteiger partial charge is 0.153 e. The normalized spacial score (nSPS) is 19.4. The lowest BCUT2D eigenvalue weighted by Crippen LogP contribution is -2.52. The largest absolute Gasteiger partial charge is 0.488 e. The Labute approximate surface area is 270 Å². The Morgan fingerprint density at radius 1 is 1.02 bits per heavy atom. The number of allylic oxidation sites excluding steroid dienone is 2. The van der Waals surface area contributed by atoms with E-state index in [2.05, 4.69) is 49.1 Å². The third-order valence-electron chi connectivity index (χ3n) is 8.61. The van der Waals surface area contributed by atoms with E-state index in [4.69, 9.17) is 30.5 Å². The zero-order valence-electron chi connectivity index (χ0n) is 25.8. The lowest BCUT2D eigenvalue weighted by Gasteiger charge is -2.47. The van der Waals surface area contributed by atoms with Gasteiger partial charge >= 0.3 is 0 Å². The molecule has 0 bridgehead atoms. The van der Waals surface area contributed by atoms with Crippen LogP contribution in [0.25, 0.3) is 5.57 Å². The van der Waals surface area contributed by atoms with Crippen molar-refractivity contribution in [1.29, 1.82) is 5.26 Å². The number of benzene rings is 3. The average molecular weight is 627 g/mol. The molecule has 3 aromatic rings. The Kier molecular flexibility index (Phi) is 10.7. The summed E-state index contributed by atoms with van der Waals surface area (Å²) in [5, 5.41) is 9.54. The molecule has 0 amide bonds. The molecule has 0 aromatic heterocycles. The third kappa shape index (κ3) is 7.66. The van der Waals surface area contributed by atoms with Crippen molar-refractivity contribution in [3.63, 3.8) is 0 Å². The van der Waals surface area contributed by atoms with Crippen LogP contribution < -0.4 is 9.47 Å². The summed E-state index contributed by atoms with van der Waals surface area (Å²) in [5.41, 5.74) is 2.64. The number of hydrogen-bond donors (Lipinski definition) is 0. The zero-order chi connectivity index (χ0) is 31.7. The van der Waals surface area contributed by atoms with Crippen molar-refractivity contribution < 1.29 is 23.7 Å². The fourth-order valence-corrected chi connectivity index (χ4v) is 6.07. The van der Waals surface area contributed by atoms with Gasteiger partial charge in [-0.1, -0.05) is 80.1 Å². The van der Waals surface area contributed by atoms with Crippen molar-refractivity contribution in [2.75, 3.05) is 46.1 Å². The van der Waals surface area contributed by atoms with E-state index in [0.717, 1.165) is 56.0 Å². The van der Waals surface area contributed by atoms with E-state index in [-0.39, 0.29) is 13.2 Å². The number of hydrogen-bond acceptors (Lipinski definition) is 7. The van der Waals surface area contributed by atoms with Gasteiger partial charge in [0.05, 0.1) is 35.4 Å². The third-order valence-corrected chi connectivity index (χ3v) is 8.91. The van der Waals surface area contributed by atoms with E-state index < -0.39 is 11.0 Å². The van der Waals surface area contributed by atoms with Gasteiger partial charge in [-0.05, 0) is 47.4 Å². The Morgan fingerprint density at radius 2 is 1.82 bits per heavy atom. The minimum absolute atomic E-state index is 0.175. The van der Waals surface area contributed by atoms with Crippen molar-refractivity contribution in [3.05, 3.63) is 112 Å². The number of ether oxygens (including phenoxy) is 4. The molecule has 3 aromatic carbocycles. The molecule has 45 heavy (non-hydrogen) atoms. The molecular formula is C37H39ClN2O5. The molecule has 1 saturated heterocycles. The van der Waals surface area contributed by atoms with Crippen LogP contribution in [0.3, 0.4) is 0 Å². The highest BCUT2D eigenvalue weighted by molar-refractivity contribution is 6.32. The van der Waals surface area contributed by atoms with Crippen LogP contribution in [0.2, 0.25) is 5.02 Å². The molecule has 1 heterocycles. The van der Waals surface area contributed by atoms with Gasteiger partial charge in [0.25, 0.3) is 0 Å². The average Bonchev–Trinajstić information content (AvgIpc) is 3.07. The predicted molar refractivity (Wildman–Crippen MR) is 176 cm³/mol. The summed E-state index contributed by atoms with van der Waals surface area (Å²) < 4.78 is 24.8. The van der Waals surface area contributed by atoms with Gasteiger partial charge < -0.3 is 18.9 Å². The van der Waals surface area contributed by atoms with Crippen molar-refractivity contribution in [2.24, 2.45) is 5.41 Å². The highest BCUT2D eigenvalue weighted by Crippen LogP contribution is 2.49. The van der Waals surface area contributed by atoms with E-state index in [1.54, 1.807) is 30.3 Å². The second-order valence-corrected chi connectivity index (χ2v) is 12.2. The molecule has 2 aliphatic rings. The molecule has 1 aliphatic heterocycles. The maximum atomic E-state index is 11.9. The van der Waals surface area contributed by atoms with Gasteiger partial charge in [0.15, 0.2) is 6.29 Å². The van der Waals surface area contributed by atoms with E-state index >= 15 is 0 Å². The summed E-state index contributed by atoms with van der Waals surface area (Å²) in [4.78, 5) is 14.3. The summed E-state index contributed by atoms with van der Waals surface area (Å²) >= 11 is 6.65. The lowest BCUT2D eigenvalue weighted by atomic mass is 9.65. The first kappa shape index (κ1) is 32.5. The van der Waals surface area contributed by atoms with Gasteiger partial charge in [0, 0.05) is 37.7 Å². The van der Waals surface area contributed by atoms with Gasteiger partial charge in [-0.2, -0.15) is 5.26 Å². The van der Waals surface area contributed by atoms with Crippen LogP contribution in [-0.4, -0.2) is 62.8 Å². The molecular weight excluding hydrogens is 588 g/mol. The summed E-state index contributed by atoms with van der Waals surface area (Å²) in [6.45, 7) is 9.60. The summed E-state index contributed by atoms with van der Waals surface area (Å²) in [7, 11) is 0. The monoisotopic (exact) mass is 626 g/mol. The molecule has 1 aliphatic carbocycles. The fraction of sp³-hybridized carbons (Fsp3) is 0.351. The highest BCUT2D eigenvalue weighted by Gasteiger charge is 2.49. The molecule has 1 atom stereocenters. The van der Waals surface area contributed by atoms with Crippen LogP contribution in [0.4, 0.5) is 0 Å². The Bertz CT molecular complexity index is 1570. The van der Waals surface area contributed by atoms with Crippen molar-refractivity contribution in [1.82, 2.24) is 4.90 Å². The number of carbonyl (C=O) groups excluding carboxylic acids is 1. The van der Waals surface area contributed by atoms with Crippen LogP contribution in [-0.2, 0) is 16.1 Å². The Balaban J connectivity index is 1.37. The fourth-order valence-electron chi connectivity index (χ4n) is 5.84.